The molecule has 0 spiro atoms. The fourth-order valence-corrected chi connectivity index (χ4v) is 5.11. The molecule has 2 aromatic heterocycles. The van der Waals surface area contributed by atoms with Crippen molar-refractivity contribution >= 4 is 10.0 Å². The lowest BCUT2D eigenvalue weighted by Crippen LogP contribution is -2.40. The smallest absolute Gasteiger partial charge is 0.262 e. The van der Waals surface area contributed by atoms with Gasteiger partial charge in [0.15, 0.2) is 5.03 Å². The van der Waals surface area contributed by atoms with Gasteiger partial charge in [0.1, 0.15) is 11.6 Å². The van der Waals surface area contributed by atoms with E-state index in [0.29, 0.717) is 31.2 Å². The van der Waals surface area contributed by atoms with Gasteiger partial charge in [-0.25, -0.2) is 17.8 Å². The maximum atomic E-state index is 13.9. The van der Waals surface area contributed by atoms with Crippen molar-refractivity contribution < 1.29 is 17.3 Å². The van der Waals surface area contributed by atoms with Gasteiger partial charge in [0.05, 0.1) is 5.56 Å². The number of aromatic nitrogens is 4. The van der Waals surface area contributed by atoms with Gasteiger partial charge in [-0.1, -0.05) is 17.3 Å². The summed E-state index contributed by atoms with van der Waals surface area (Å²) in [7, 11) is -1.88. The highest BCUT2D eigenvalue weighted by atomic mass is 32.2. The fourth-order valence-electron chi connectivity index (χ4n) is 3.53. The van der Waals surface area contributed by atoms with Gasteiger partial charge in [0.2, 0.25) is 11.7 Å². The number of imidazole rings is 1. The van der Waals surface area contributed by atoms with Crippen molar-refractivity contribution in [1.82, 2.24) is 24.0 Å². The Hall–Kier alpha value is -2.59. The third-order valence-corrected chi connectivity index (χ3v) is 6.96. The minimum atomic E-state index is -3.65. The quantitative estimate of drug-likeness (QED) is 0.631. The Morgan fingerprint density at radius 2 is 2.07 bits per heavy atom. The number of piperidine rings is 1. The molecule has 1 fully saturated rings. The van der Waals surface area contributed by atoms with Gasteiger partial charge in [-0.3, -0.25) is 0 Å². The van der Waals surface area contributed by atoms with Crippen LogP contribution >= 0.6 is 0 Å². The highest BCUT2D eigenvalue weighted by Gasteiger charge is 2.33. The van der Waals surface area contributed by atoms with Crippen molar-refractivity contribution in [2.75, 3.05) is 13.1 Å². The van der Waals surface area contributed by atoms with E-state index in [1.165, 1.54) is 16.6 Å². The van der Waals surface area contributed by atoms with Crippen molar-refractivity contribution in [3.63, 3.8) is 0 Å². The molecule has 1 atom stereocenters. The molecule has 1 aromatic carbocycles. The fraction of sp³-hybridized carbons (Fsp3) is 0.421. The SMILES string of the molecule is Cc1nc(S(=O)(=O)N2CCCC(Cc3nc(-c4ccccc4F)no3)C2)cn1C. The molecule has 3 heterocycles. The molecule has 0 saturated carbocycles. The van der Waals surface area contributed by atoms with Crippen LogP contribution < -0.4 is 0 Å². The molecule has 8 nitrogen and oxygen atoms in total. The van der Waals surface area contributed by atoms with Gasteiger partial charge in [-0.15, -0.1) is 0 Å². The monoisotopic (exact) mass is 419 g/mol. The Balaban J connectivity index is 1.48. The van der Waals surface area contributed by atoms with E-state index in [9.17, 15) is 12.8 Å². The lowest BCUT2D eigenvalue weighted by atomic mass is 9.96. The first-order chi connectivity index (χ1) is 13.8. The van der Waals surface area contributed by atoms with Crippen molar-refractivity contribution in [2.45, 2.75) is 31.2 Å². The first-order valence-corrected chi connectivity index (χ1v) is 10.9. The summed E-state index contributed by atoms with van der Waals surface area (Å²) in [5, 5.41) is 3.94. The number of benzene rings is 1. The third-order valence-electron chi connectivity index (χ3n) is 5.22. The molecule has 0 radical (unpaired) electrons. The number of halogens is 1. The molecule has 1 aliphatic heterocycles. The van der Waals surface area contributed by atoms with Crippen molar-refractivity contribution in [3.05, 3.63) is 48.0 Å². The summed E-state index contributed by atoms with van der Waals surface area (Å²) in [5.74, 6) is 0.838. The topological polar surface area (TPSA) is 94.1 Å². The standard InChI is InChI=1S/C19H22FN5O3S/c1-13-21-18(12-24(13)2)29(26,27)25-9-5-6-14(11-25)10-17-22-19(23-28-17)15-7-3-4-8-16(15)20/h3-4,7-8,12,14H,5-6,9-11H2,1-2H3. The summed E-state index contributed by atoms with van der Waals surface area (Å²) in [6, 6.07) is 6.24. The maximum Gasteiger partial charge on any atom is 0.262 e. The van der Waals surface area contributed by atoms with Crippen LogP contribution in [0.1, 0.15) is 24.6 Å². The first kappa shape index (κ1) is 19.7. The molecule has 1 saturated heterocycles. The van der Waals surface area contributed by atoms with E-state index >= 15 is 0 Å². The second kappa shape index (κ2) is 7.68. The van der Waals surface area contributed by atoms with E-state index in [0.717, 1.165) is 12.8 Å². The first-order valence-electron chi connectivity index (χ1n) is 9.42. The Morgan fingerprint density at radius 1 is 1.28 bits per heavy atom. The summed E-state index contributed by atoms with van der Waals surface area (Å²) in [4.78, 5) is 8.46. The number of rotatable bonds is 5. The Bertz CT molecular complexity index is 1110. The van der Waals surface area contributed by atoms with E-state index in [4.69, 9.17) is 4.52 Å². The Labute approximate surface area is 168 Å². The predicted molar refractivity (Wildman–Crippen MR) is 103 cm³/mol. The summed E-state index contributed by atoms with van der Waals surface area (Å²) in [5.41, 5.74) is 0.279. The van der Waals surface area contributed by atoms with Gasteiger partial charge in [0.25, 0.3) is 10.0 Å². The maximum absolute atomic E-state index is 13.9. The largest absolute Gasteiger partial charge is 0.339 e. The average molecular weight is 419 g/mol. The molecule has 4 rings (SSSR count). The summed E-state index contributed by atoms with van der Waals surface area (Å²) in [6.07, 6.45) is 3.57. The second-order valence-corrected chi connectivity index (χ2v) is 9.19. The lowest BCUT2D eigenvalue weighted by Gasteiger charge is -2.30. The molecule has 1 aliphatic rings. The predicted octanol–water partition coefficient (Wildman–Crippen LogP) is 2.56. The number of hydrogen-bond donors (Lipinski definition) is 0. The van der Waals surface area contributed by atoms with Crippen LogP contribution in [0.5, 0.6) is 0 Å². The van der Waals surface area contributed by atoms with Crippen molar-refractivity contribution in [1.29, 1.82) is 0 Å². The zero-order chi connectivity index (χ0) is 20.6. The number of nitrogens with zero attached hydrogens (tertiary/aromatic N) is 5. The highest BCUT2D eigenvalue weighted by molar-refractivity contribution is 7.89. The number of hydrogen-bond acceptors (Lipinski definition) is 6. The van der Waals surface area contributed by atoms with Gasteiger partial charge in [0, 0.05) is 32.8 Å². The van der Waals surface area contributed by atoms with Crippen LogP contribution in [-0.2, 0) is 23.5 Å². The van der Waals surface area contributed by atoms with Gasteiger partial charge < -0.3 is 9.09 Å². The van der Waals surface area contributed by atoms with E-state index in [1.807, 2.05) is 0 Å². The van der Waals surface area contributed by atoms with Crippen LogP contribution in [0.15, 0.2) is 40.0 Å². The molecule has 0 N–H and O–H groups in total. The molecule has 154 valence electrons. The highest BCUT2D eigenvalue weighted by Crippen LogP contribution is 2.26. The Morgan fingerprint density at radius 3 is 2.79 bits per heavy atom. The molecule has 0 bridgehead atoms. The van der Waals surface area contributed by atoms with Crippen LogP contribution in [-0.4, -0.2) is 45.5 Å². The molecular formula is C19H22FN5O3S. The summed E-state index contributed by atoms with van der Waals surface area (Å²) in [6.45, 7) is 2.58. The van der Waals surface area contributed by atoms with Crippen LogP contribution in [0.4, 0.5) is 4.39 Å². The summed E-state index contributed by atoms with van der Waals surface area (Å²) >= 11 is 0. The van der Waals surface area contributed by atoms with Gasteiger partial charge in [-0.2, -0.15) is 9.29 Å². The zero-order valence-electron chi connectivity index (χ0n) is 16.2. The van der Waals surface area contributed by atoms with E-state index < -0.39 is 15.8 Å². The molecule has 10 heteroatoms. The minimum absolute atomic E-state index is 0.0391. The number of sulfonamides is 1. The van der Waals surface area contributed by atoms with Crippen molar-refractivity contribution in [3.8, 4) is 11.4 Å². The summed E-state index contributed by atoms with van der Waals surface area (Å²) < 4.78 is 48.2. The van der Waals surface area contributed by atoms with Crippen LogP contribution in [0, 0.1) is 18.7 Å². The van der Waals surface area contributed by atoms with Crippen LogP contribution in [0.2, 0.25) is 0 Å². The zero-order valence-corrected chi connectivity index (χ0v) is 17.1. The molecule has 3 aromatic rings. The van der Waals surface area contributed by atoms with E-state index in [1.54, 1.807) is 36.7 Å². The van der Waals surface area contributed by atoms with Crippen molar-refractivity contribution in [2.24, 2.45) is 13.0 Å². The van der Waals surface area contributed by atoms with Crippen LogP contribution in [0.3, 0.4) is 0 Å². The van der Waals surface area contributed by atoms with E-state index in [2.05, 4.69) is 15.1 Å². The number of aryl methyl sites for hydroxylation is 2. The molecular weight excluding hydrogens is 397 g/mol. The van der Waals surface area contributed by atoms with E-state index in [-0.39, 0.29) is 22.3 Å². The average Bonchev–Trinajstić information content (AvgIpc) is 3.29. The molecule has 0 aliphatic carbocycles. The normalized spacial score (nSPS) is 18.2. The van der Waals surface area contributed by atoms with Gasteiger partial charge >= 0.3 is 0 Å². The third kappa shape index (κ3) is 3.95. The van der Waals surface area contributed by atoms with Gasteiger partial charge in [-0.05, 0) is 37.8 Å². The van der Waals surface area contributed by atoms with Crippen LogP contribution in [0.25, 0.3) is 11.4 Å². The lowest BCUT2D eigenvalue weighted by molar-refractivity contribution is 0.246. The second-order valence-electron chi connectivity index (χ2n) is 7.30. The molecule has 1 unspecified atom stereocenters. The molecule has 0 amide bonds. The minimum Gasteiger partial charge on any atom is -0.339 e. The Kier molecular flexibility index (Phi) is 5.22. The molecule has 29 heavy (non-hydrogen) atoms.